The molecule has 1 aromatic rings. The van der Waals surface area contributed by atoms with E-state index >= 15 is 0 Å². The maximum absolute atomic E-state index is 11.8. The predicted octanol–water partition coefficient (Wildman–Crippen LogP) is 0.497. The Hall–Kier alpha value is -0.880. The SMILES string of the molecule is Cn1nccc1S(=O)(=O)NC(C)(C)C. The molecule has 0 unspecified atom stereocenters. The third kappa shape index (κ3) is 2.55. The molecule has 80 valence electrons. The van der Waals surface area contributed by atoms with Gasteiger partial charge in [-0.15, -0.1) is 0 Å². The molecule has 0 atom stereocenters. The van der Waals surface area contributed by atoms with Gasteiger partial charge in [-0.1, -0.05) is 0 Å². The first-order chi connectivity index (χ1) is 6.22. The third-order valence-corrected chi connectivity index (χ3v) is 3.32. The molecule has 0 aliphatic carbocycles. The molecule has 0 radical (unpaired) electrons. The Kier molecular flexibility index (Phi) is 2.69. The summed E-state index contributed by atoms with van der Waals surface area (Å²) in [7, 11) is -1.86. The Balaban J connectivity index is 3.05. The largest absolute Gasteiger partial charge is 0.258 e. The highest BCUT2D eigenvalue weighted by Crippen LogP contribution is 2.10. The second-order valence-corrected chi connectivity index (χ2v) is 5.78. The molecule has 0 bridgehead atoms. The van der Waals surface area contributed by atoms with E-state index in [0.717, 1.165) is 0 Å². The summed E-state index contributed by atoms with van der Waals surface area (Å²) < 4.78 is 27.4. The van der Waals surface area contributed by atoms with Crippen LogP contribution in [0.15, 0.2) is 17.3 Å². The van der Waals surface area contributed by atoms with E-state index in [2.05, 4.69) is 9.82 Å². The molecular weight excluding hydrogens is 202 g/mol. The molecule has 0 fully saturated rings. The highest BCUT2D eigenvalue weighted by atomic mass is 32.2. The van der Waals surface area contributed by atoms with Crippen LogP contribution in [0.5, 0.6) is 0 Å². The van der Waals surface area contributed by atoms with Crippen molar-refractivity contribution in [3.63, 3.8) is 0 Å². The summed E-state index contributed by atoms with van der Waals surface area (Å²) in [4.78, 5) is 0. The first-order valence-electron chi connectivity index (χ1n) is 4.24. The normalized spacial score (nSPS) is 13.1. The molecule has 0 amide bonds. The fourth-order valence-corrected chi connectivity index (χ4v) is 2.63. The van der Waals surface area contributed by atoms with Crippen molar-refractivity contribution in [2.45, 2.75) is 31.3 Å². The maximum atomic E-state index is 11.8. The van der Waals surface area contributed by atoms with E-state index < -0.39 is 15.6 Å². The van der Waals surface area contributed by atoms with Gasteiger partial charge in [0.2, 0.25) is 0 Å². The molecule has 1 heterocycles. The standard InChI is InChI=1S/C8H15N3O2S/c1-8(2,3)10-14(12,13)7-5-6-9-11(7)4/h5-6,10H,1-4H3. The average Bonchev–Trinajstić information content (AvgIpc) is 2.29. The van der Waals surface area contributed by atoms with Crippen LogP contribution in [0.2, 0.25) is 0 Å². The summed E-state index contributed by atoms with van der Waals surface area (Å²) in [6.45, 7) is 5.38. The zero-order valence-corrected chi connectivity index (χ0v) is 9.59. The van der Waals surface area contributed by atoms with Gasteiger partial charge in [0.15, 0.2) is 5.03 Å². The van der Waals surface area contributed by atoms with Crippen LogP contribution in [0.4, 0.5) is 0 Å². The van der Waals surface area contributed by atoms with Crippen molar-refractivity contribution in [2.75, 3.05) is 0 Å². The Labute approximate surface area is 84.2 Å². The molecule has 1 rings (SSSR count). The molecule has 0 saturated carbocycles. The molecule has 0 spiro atoms. The molecule has 14 heavy (non-hydrogen) atoms. The summed E-state index contributed by atoms with van der Waals surface area (Å²) >= 11 is 0. The lowest BCUT2D eigenvalue weighted by atomic mass is 10.1. The first kappa shape index (κ1) is 11.2. The first-order valence-corrected chi connectivity index (χ1v) is 5.73. The van der Waals surface area contributed by atoms with Gasteiger partial charge in [-0.05, 0) is 26.8 Å². The second-order valence-electron chi connectivity index (χ2n) is 4.15. The van der Waals surface area contributed by atoms with Crippen LogP contribution in [-0.4, -0.2) is 23.7 Å². The summed E-state index contributed by atoms with van der Waals surface area (Å²) in [5.41, 5.74) is -0.483. The Morgan fingerprint density at radius 2 is 2.00 bits per heavy atom. The number of rotatable bonds is 2. The van der Waals surface area contributed by atoms with Gasteiger partial charge in [0.25, 0.3) is 10.0 Å². The van der Waals surface area contributed by atoms with E-state index in [1.165, 1.54) is 16.9 Å². The van der Waals surface area contributed by atoms with Gasteiger partial charge in [-0.3, -0.25) is 4.68 Å². The van der Waals surface area contributed by atoms with Crippen molar-refractivity contribution >= 4 is 10.0 Å². The van der Waals surface area contributed by atoms with Crippen LogP contribution in [0.3, 0.4) is 0 Å². The van der Waals surface area contributed by atoms with Crippen LogP contribution < -0.4 is 4.72 Å². The van der Waals surface area contributed by atoms with Crippen molar-refractivity contribution in [3.8, 4) is 0 Å². The lowest BCUT2D eigenvalue weighted by Gasteiger charge is -2.20. The van der Waals surface area contributed by atoms with Crippen LogP contribution in [0.1, 0.15) is 20.8 Å². The van der Waals surface area contributed by atoms with Crippen LogP contribution in [-0.2, 0) is 17.1 Å². The van der Waals surface area contributed by atoms with E-state index in [-0.39, 0.29) is 5.03 Å². The van der Waals surface area contributed by atoms with E-state index in [1.54, 1.807) is 27.8 Å². The molecule has 0 saturated heterocycles. The fourth-order valence-electron chi connectivity index (χ4n) is 1.08. The Morgan fingerprint density at radius 3 is 2.36 bits per heavy atom. The van der Waals surface area contributed by atoms with Crippen LogP contribution in [0, 0.1) is 0 Å². The van der Waals surface area contributed by atoms with Crippen LogP contribution >= 0.6 is 0 Å². The number of aromatic nitrogens is 2. The molecule has 6 heteroatoms. The van der Waals surface area contributed by atoms with Crippen molar-refractivity contribution in [1.29, 1.82) is 0 Å². The van der Waals surface area contributed by atoms with Gasteiger partial charge >= 0.3 is 0 Å². The molecular formula is C8H15N3O2S. The third-order valence-electron chi connectivity index (χ3n) is 1.49. The maximum Gasteiger partial charge on any atom is 0.258 e. The Morgan fingerprint density at radius 1 is 1.43 bits per heavy atom. The minimum absolute atomic E-state index is 0.174. The minimum Gasteiger partial charge on any atom is -0.256 e. The number of nitrogens with zero attached hydrogens (tertiary/aromatic N) is 2. The van der Waals surface area contributed by atoms with Crippen molar-refractivity contribution < 1.29 is 8.42 Å². The van der Waals surface area contributed by atoms with Gasteiger partial charge in [0, 0.05) is 12.6 Å². The predicted molar refractivity (Wildman–Crippen MR) is 53.3 cm³/mol. The number of hydrogen-bond donors (Lipinski definition) is 1. The van der Waals surface area contributed by atoms with E-state index in [0.29, 0.717) is 0 Å². The lowest BCUT2D eigenvalue weighted by Crippen LogP contribution is -2.41. The zero-order chi connectivity index (χ0) is 11.0. The molecule has 0 aliphatic heterocycles. The smallest absolute Gasteiger partial charge is 0.256 e. The molecule has 1 N–H and O–H groups in total. The van der Waals surface area contributed by atoms with Gasteiger partial charge in [-0.2, -0.15) is 5.10 Å². The van der Waals surface area contributed by atoms with Crippen LogP contribution in [0.25, 0.3) is 0 Å². The van der Waals surface area contributed by atoms with Gasteiger partial charge in [0.05, 0.1) is 6.20 Å². The van der Waals surface area contributed by atoms with E-state index in [4.69, 9.17) is 0 Å². The topological polar surface area (TPSA) is 64.0 Å². The fraction of sp³-hybridized carbons (Fsp3) is 0.625. The highest BCUT2D eigenvalue weighted by Gasteiger charge is 2.24. The molecule has 1 aromatic heterocycles. The van der Waals surface area contributed by atoms with Gasteiger partial charge in [0.1, 0.15) is 0 Å². The second kappa shape index (κ2) is 3.36. The summed E-state index contributed by atoms with van der Waals surface area (Å²) in [5, 5.41) is 3.98. The van der Waals surface area contributed by atoms with Gasteiger partial charge < -0.3 is 0 Å². The number of nitrogens with one attached hydrogen (secondary N) is 1. The molecule has 0 aromatic carbocycles. The quantitative estimate of drug-likeness (QED) is 0.784. The average molecular weight is 217 g/mol. The summed E-state index contributed by atoms with van der Waals surface area (Å²) in [6, 6.07) is 1.47. The summed E-state index contributed by atoms with van der Waals surface area (Å²) in [6.07, 6.45) is 1.46. The minimum atomic E-state index is -3.45. The summed E-state index contributed by atoms with van der Waals surface area (Å²) in [5.74, 6) is 0. The van der Waals surface area contributed by atoms with Crippen molar-refractivity contribution in [2.24, 2.45) is 7.05 Å². The van der Waals surface area contributed by atoms with Crippen molar-refractivity contribution in [3.05, 3.63) is 12.3 Å². The van der Waals surface area contributed by atoms with E-state index in [1.807, 2.05) is 0 Å². The zero-order valence-electron chi connectivity index (χ0n) is 8.77. The number of hydrogen-bond acceptors (Lipinski definition) is 3. The lowest BCUT2D eigenvalue weighted by molar-refractivity contribution is 0.485. The number of sulfonamides is 1. The molecule has 5 nitrogen and oxygen atoms in total. The molecule has 0 aliphatic rings. The highest BCUT2D eigenvalue weighted by molar-refractivity contribution is 7.89. The van der Waals surface area contributed by atoms with E-state index in [9.17, 15) is 8.42 Å². The number of aryl methyl sites for hydroxylation is 1. The monoisotopic (exact) mass is 217 g/mol. The Bertz CT molecular complexity index is 414. The van der Waals surface area contributed by atoms with Crippen molar-refractivity contribution in [1.82, 2.24) is 14.5 Å². The van der Waals surface area contributed by atoms with Gasteiger partial charge in [-0.25, -0.2) is 13.1 Å².